The summed E-state index contributed by atoms with van der Waals surface area (Å²) in [6, 6.07) is 10.5. The summed E-state index contributed by atoms with van der Waals surface area (Å²) in [5.41, 5.74) is 2.12. The van der Waals surface area contributed by atoms with Crippen LogP contribution in [0.4, 0.5) is 5.69 Å². The summed E-state index contributed by atoms with van der Waals surface area (Å²) in [6.07, 6.45) is 2.89. The van der Waals surface area contributed by atoms with Gasteiger partial charge in [-0.1, -0.05) is 17.7 Å². The number of nitrogens with zero attached hydrogens (tertiary/aromatic N) is 2. The first-order chi connectivity index (χ1) is 13.9. The van der Waals surface area contributed by atoms with Crippen LogP contribution in [0.2, 0.25) is 0 Å². The van der Waals surface area contributed by atoms with Gasteiger partial charge in [0.05, 0.1) is 18.1 Å². The molecular weight excluding hydrogens is 376 g/mol. The van der Waals surface area contributed by atoms with Gasteiger partial charge in [0.25, 0.3) is 5.69 Å². The molecule has 29 heavy (non-hydrogen) atoms. The molecule has 1 aliphatic rings. The second-order valence-corrected chi connectivity index (χ2v) is 6.65. The summed E-state index contributed by atoms with van der Waals surface area (Å²) in [5.74, 6) is 0.996. The number of fused-ring (bicyclic) bond motifs is 1. The van der Waals surface area contributed by atoms with Gasteiger partial charge in [-0.15, -0.1) is 0 Å². The Bertz CT molecular complexity index is 924. The molecule has 0 atom stereocenters. The molecule has 0 spiro atoms. The fourth-order valence-electron chi connectivity index (χ4n) is 2.79. The summed E-state index contributed by atoms with van der Waals surface area (Å²) in [5, 5.41) is 11.1. The van der Waals surface area contributed by atoms with Crippen molar-refractivity contribution in [2.75, 3.05) is 27.0 Å². The van der Waals surface area contributed by atoms with Crippen molar-refractivity contribution in [1.82, 2.24) is 4.90 Å². The second-order valence-electron chi connectivity index (χ2n) is 6.65. The standard InChI is InChI=1S/C21H22N2O6/c1-15-3-6-19(7-4-15)28-10-9-22(2)20(24)8-5-16-11-18(23(25)26)12-17-13-27-14-29-21(16)17/h3-8,11-12H,9-10,13-14H2,1-2H3. The lowest BCUT2D eigenvalue weighted by Gasteiger charge is -2.19. The van der Waals surface area contributed by atoms with Gasteiger partial charge < -0.3 is 19.1 Å². The number of rotatable bonds is 7. The zero-order valence-corrected chi connectivity index (χ0v) is 16.3. The molecule has 8 nitrogen and oxygen atoms in total. The molecule has 0 saturated heterocycles. The topological polar surface area (TPSA) is 91.1 Å². The fourth-order valence-corrected chi connectivity index (χ4v) is 2.79. The minimum Gasteiger partial charge on any atom is -0.492 e. The third-order valence-corrected chi connectivity index (χ3v) is 4.43. The monoisotopic (exact) mass is 398 g/mol. The van der Waals surface area contributed by atoms with Crippen molar-refractivity contribution in [3.8, 4) is 11.5 Å². The molecule has 0 radical (unpaired) electrons. The van der Waals surface area contributed by atoms with Crippen molar-refractivity contribution >= 4 is 17.7 Å². The van der Waals surface area contributed by atoms with Gasteiger partial charge in [-0.3, -0.25) is 14.9 Å². The number of non-ortho nitro benzene ring substituents is 1. The molecule has 0 saturated carbocycles. The molecule has 8 heteroatoms. The predicted octanol–water partition coefficient (Wildman–Crippen LogP) is 3.32. The Morgan fingerprint density at radius 1 is 1.31 bits per heavy atom. The average molecular weight is 398 g/mol. The molecule has 0 N–H and O–H groups in total. The van der Waals surface area contributed by atoms with E-state index < -0.39 is 4.92 Å². The number of carbonyl (C=O) groups excluding carboxylic acids is 1. The fraction of sp³-hybridized carbons (Fsp3) is 0.286. The van der Waals surface area contributed by atoms with E-state index >= 15 is 0 Å². The van der Waals surface area contributed by atoms with Crippen LogP contribution in [0.15, 0.2) is 42.5 Å². The number of nitro groups is 1. The maximum atomic E-state index is 12.4. The first-order valence-electron chi connectivity index (χ1n) is 9.08. The molecule has 152 valence electrons. The highest BCUT2D eigenvalue weighted by molar-refractivity contribution is 5.92. The Morgan fingerprint density at radius 2 is 2.07 bits per heavy atom. The molecule has 0 aliphatic carbocycles. The maximum absolute atomic E-state index is 12.4. The van der Waals surface area contributed by atoms with Gasteiger partial charge in [0.2, 0.25) is 5.91 Å². The number of carbonyl (C=O) groups is 1. The first kappa shape index (κ1) is 20.3. The van der Waals surface area contributed by atoms with Crippen LogP contribution in [0.1, 0.15) is 16.7 Å². The molecule has 0 fully saturated rings. The van der Waals surface area contributed by atoms with Gasteiger partial charge in [0.15, 0.2) is 6.79 Å². The van der Waals surface area contributed by atoms with Crippen LogP contribution in [0.3, 0.4) is 0 Å². The molecule has 0 bridgehead atoms. The average Bonchev–Trinajstić information content (AvgIpc) is 2.72. The highest BCUT2D eigenvalue weighted by atomic mass is 16.7. The van der Waals surface area contributed by atoms with E-state index in [0.717, 1.165) is 11.3 Å². The quantitative estimate of drug-likeness (QED) is 0.404. The second kappa shape index (κ2) is 9.20. The molecule has 1 aliphatic heterocycles. The number of likely N-dealkylation sites (N-methyl/N-ethyl adjacent to an activating group) is 1. The van der Waals surface area contributed by atoms with Crippen molar-refractivity contribution in [2.24, 2.45) is 0 Å². The Morgan fingerprint density at radius 3 is 2.79 bits per heavy atom. The molecule has 2 aromatic carbocycles. The van der Waals surface area contributed by atoms with E-state index in [1.54, 1.807) is 7.05 Å². The smallest absolute Gasteiger partial charge is 0.270 e. The molecule has 0 unspecified atom stereocenters. The van der Waals surface area contributed by atoms with E-state index in [2.05, 4.69) is 0 Å². The van der Waals surface area contributed by atoms with E-state index in [-0.39, 0.29) is 25.0 Å². The Kier molecular flexibility index (Phi) is 6.46. The molecule has 0 aromatic heterocycles. The largest absolute Gasteiger partial charge is 0.492 e. The van der Waals surface area contributed by atoms with Gasteiger partial charge >= 0.3 is 0 Å². The molecule has 3 rings (SSSR count). The first-order valence-corrected chi connectivity index (χ1v) is 9.08. The Hall–Kier alpha value is -3.39. The van der Waals surface area contributed by atoms with Crippen LogP contribution in [-0.2, 0) is 16.1 Å². The van der Waals surface area contributed by atoms with Crippen molar-refractivity contribution in [3.05, 3.63) is 69.3 Å². The molecule has 1 amide bonds. The highest BCUT2D eigenvalue weighted by Crippen LogP contribution is 2.33. The number of hydrogen-bond donors (Lipinski definition) is 0. The molecule has 2 aromatic rings. The lowest BCUT2D eigenvalue weighted by molar-refractivity contribution is -0.385. The molecular formula is C21H22N2O6. The van der Waals surface area contributed by atoms with Crippen molar-refractivity contribution in [1.29, 1.82) is 0 Å². The summed E-state index contributed by atoms with van der Waals surface area (Å²) in [7, 11) is 1.67. The number of hydrogen-bond acceptors (Lipinski definition) is 6. The van der Waals surface area contributed by atoms with E-state index in [1.165, 1.54) is 29.2 Å². The lowest BCUT2D eigenvalue weighted by Crippen LogP contribution is -2.29. The van der Waals surface area contributed by atoms with Gasteiger partial charge in [-0.25, -0.2) is 0 Å². The Balaban J connectivity index is 1.62. The van der Waals surface area contributed by atoms with E-state index in [4.69, 9.17) is 14.2 Å². The van der Waals surface area contributed by atoms with Crippen molar-refractivity contribution < 1.29 is 23.9 Å². The van der Waals surface area contributed by atoms with Crippen molar-refractivity contribution in [3.63, 3.8) is 0 Å². The minimum atomic E-state index is -0.484. The van der Waals surface area contributed by atoms with Crippen LogP contribution in [0.25, 0.3) is 6.08 Å². The SMILES string of the molecule is Cc1ccc(OCCN(C)C(=O)C=Cc2cc([N+](=O)[O-])cc3c2OCOC3)cc1. The van der Waals surface area contributed by atoms with Gasteiger partial charge in [-0.05, 0) is 25.1 Å². The third kappa shape index (κ3) is 5.32. The van der Waals surface area contributed by atoms with Gasteiger partial charge in [0.1, 0.15) is 18.1 Å². The van der Waals surface area contributed by atoms with Crippen LogP contribution < -0.4 is 9.47 Å². The number of nitro benzene ring substituents is 1. The van der Waals surface area contributed by atoms with Crippen LogP contribution in [-0.4, -0.2) is 42.7 Å². The van der Waals surface area contributed by atoms with E-state index in [9.17, 15) is 14.9 Å². The zero-order chi connectivity index (χ0) is 20.8. The normalized spacial score (nSPS) is 12.9. The number of aryl methyl sites for hydroxylation is 1. The maximum Gasteiger partial charge on any atom is 0.270 e. The highest BCUT2D eigenvalue weighted by Gasteiger charge is 2.20. The van der Waals surface area contributed by atoms with Crippen LogP contribution in [0, 0.1) is 17.0 Å². The summed E-state index contributed by atoms with van der Waals surface area (Å²) < 4.78 is 16.3. The van der Waals surface area contributed by atoms with Crippen LogP contribution >= 0.6 is 0 Å². The lowest BCUT2D eigenvalue weighted by atomic mass is 10.1. The summed E-state index contributed by atoms with van der Waals surface area (Å²) in [4.78, 5) is 24.6. The van der Waals surface area contributed by atoms with Crippen molar-refractivity contribution in [2.45, 2.75) is 13.5 Å². The minimum absolute atomic E-state index is 0.0653. The summed E-state index contributed by atoms with van der Waals surface area (Å²) in [6.45, 7) is 3.04. The van der Waals surface area contributed by atoms with E-state index in [1.807, 2.05) is 31.2 Å². The molecule has 1 heterocycles. The summed E-state index contributed by atoms with van der Waals surface area (Å²) >= 11 is 0. The van der Waals surface area contributed by atoms with Gasteiger partial charge in [0, 0.05) is 36.4 Å². The third-order valence-electron chi connectivity index (χ3n) is 4.43. The number of ether oxygens (including phenoxy) is 3. The Labute approximate surface area is 168 Å². The zero-order valence-electron chi connectivity index (χ0n) is 16.3. The van der Waals surface area contributed by atoms with E-state index in [0.29, 0.717) is 30.0 Å². The predicted molar refractivity (Wildman–Crippen MR) is 107 cm³/mol. The number of amides is 1. The van der Waals surface area contributed by atoms with Gasteiger partial charge in [-0.2, -0.15) is 0 Å². The number of benzene rings is 2. The van der Waals surface area contributed by atoms with Crippen LogP contribution in [0.5, 0.6) is 11.5 Å².